The number of rotatable bonds is 24. The normalized spacial score (nSPS) is 11.2. The average Bonchev–Trinajstić information content (AvgIpc) is 2.74. The van der Waals surface area contributed by atoms with Crippen LogP contribution in [0.2, 0.25) is 0 Å². The van der Waals surface area contributed by atoms with Crippen molar-refractivity contribution < 1.29 is 90.0 Å². The summed E-state index contributed by atoms with van der Waals surface area (Å²) in [5, 5.41) is 0. The van der Waals surface area contributed by atoms with Gasteiger partial charge in [0.25, 0.3) is 0 Å². The van der Waals surface area contributed by atoms with Crippen molar-refractivity contribution in [3.05, 3.63) is 0 Å². The van der Waals surface area contributed by atoms with Gasteiger partial charge in [0.1, 0.15) is 0 Å². The van der Waals surface area contributed by atoms with Crippen molar-refractivity contribution in [2.75, 3.05) is 13.2 Å². The first kappa shape index (κ1) is 45.1. The predicted octanol–water partition coefficient (Wildman–Crippen LogP) is 4.41. The van der Waals surface area contributed by atoms with Gasteiger partial charge in [-0.15, -0.1) is 0 Å². The van der Waals surface area contributed by atoms with Crippen molar-refractivity contribution in [3.63, 3.8) is 0 Å². The molecule has 0 spiro atoms. The summed E-state index contributed by atoms with van der Waals surface area (Å²) in [6.07, 6.45) is 24.4. The molecule has 0 amide bonds. The van der Waals surface area contributed by atoms with Gasteiger partial charge in [-0.1, -0.05) is 129 Å². The first-order valence-corrected chi connectivity index (χ1v) is 16.1. The van der Waals surface area contributed by atoms with Gasteiger partial charge in [0.05, 0.1) is 13.2 Å². The predicted molar refractivity (Wildman–Crippen MR) is 148 cm³/mol. The molecule has 0 aliphatic carbocycles. The van der Waals surface area contributed by atoms with E-state index in [1.165, 1.54) is 89.9 Å². The fraction of sp³-hybridized carbons (Fsp3) is 1.00. The monoisotopic (exact) mass is 598 g/mol. The molecule has 0 aliphatic heterocycles. The van der Waals surface area contributed by atoms with E-state index in [-0.39, 0.29) is 91.9 Å². The van der Waals surface area contributed by atoms with E-state index in [4.69, 9.17) is 25.9 Å². The molecule has 0 saturated heterocycles. The summed E-state index contributed by atoms with van der Waals surface area (Å²) < 4.78 is 64.9. The minimum Gasteiger partial charge on any atom is -1.00 e. The molecule has 214 valence electrons. The molecule has 2 N–H and O–H groups in total. The zero-order chi connectivity index (χ0) is 26.0. The van der Waals surface area contributed by atoms with Crippen LogP contribution >= 0.6 is 0 Å². The molecule has 0 radical (unpaired) electrons. The minimum atomic E-state index is -4.67. The Balaban J connectivity index is -0.000000187. The second-order valence-electron chi connectivity index (χ2n) is 8.86. The van der Waals surface area contributed by atoms with E-state index in [2.05, 4.69) is 13.8 Å². The van der Waals surface area contributed by atoms with Gasteiger partial charge in [0.2, 0.25) is 0 Å². The van der Waals surface area contributed by atoms with Crippen LogP contribution in [0.1, 0.15) is 147 Å². The van der Waals surface area contributed by atoms with Gasteiger partial charge in [0, 0.05) is 0 Å². The molecule has 0 aromatic heterocycles. The summed E-state index contributed by atoms with van der Waals surface area (Å²) in [4.78, 5) is 0. The van der Waals surface area contributed by atoms with E-state index in [9.17, 15) is 8.42 Å². The van der Waals surface area contributed by atoms with Crippen LogP contribution in [-0.4, -0.2) is 62.2 Å². The third-order valence-electron chi connectivity index (χ3n) is 5.45. The average molecular weight is 599 g/mol. The maximum atomic E-state index is 11.7. The van der Waals surface area contributed by atoms with Crippen molar-refractivity contribution >= 4 is 43.9 Å². The molecule has 36 heavy (non-hydrogen) atoms. The quantitative estimate of drug-likeness (QED) is 0.0950. The standard InChI is InChI=1S/C24H50O4S.K.Mg.H2O4S.3H/c1-3-5-7-9-11-13-15-17-19-21-23-27-29(25,26)28-24-22-20-18-16-14-12-10-8-6-4-2;;;1-5(2,3)4;;;/h3-24H2,1-2H3;;;(H2,1,2,3,4);;;/q;+1;+2;;3*-1. The molecule has 0 rings (SSSR count). The fourth-order valence-electron chi connectivity index (χ4n) is 3.53. The van der Waals surface area contributed by atoms with Gasteiger partial charge in [-0.3, -0.25) is 9.11 Å². The smallest absolute Gasteiger partial charge is 1.00 e. The molecule has 0 heterocycles. The SMILES string of the molecule is CCCCCCCCCCCCOS(=O)(=O)OCCCCCCCCCCCC.O=S(=O)(O)O.[H-].[H-].[H-].[K+].[Mg+2]. The molecule has 0 aliphatic rings. The molecular weight excluding hydrogens is 544 g/mol. The van der Waals surface area contributed by atoms with Gasteiger partial charge in [-0.25, -0.2) is 8.37 Å². The molecule has 0 bridgehead atoms. The minimum absolute atomic E-state index is 0. The van der Waals surface area contributed by atoms with Crippen LogP contribution in [0.25, 0.3) is 0 Å². The Kier molecular flexibility index (Phi) is 41.8. The van der Waals surface area contributed by atoms with Crippen LogP contribution in [0.15, 0.2) is 0 Å². The van der Waals surface area contributed by atoms with E-state index in [1.807, 2.05) is 0 Å². The van der Waals surface area contributed by atoms with Crippen molar-refractivity contribution in [2.24, 2.45) is 0 Å². The Morgan fingerprint density at radius 3 is 0.917 bits per heavy atom. The van der Waals surface area contributed by atoms with E-state index >= 15 is 0 Å². The molecule has 0 atom stereocenters. The maximum Gasteiger partial charge on any atom is 2.00 e. The van der Waals surface area contributed by atoms with Crippen LogP contribution < -0.4 is 51.4 Å². The molecular formula is C24H55KMgO8S2. The summed E-state index contributed by atoms with van der Waals surface area (Å²) in [6.45, 7) is 4.98. The van der Waals surface area contributed by atoms with Gasteiger partial charge in [-0.2, -0.15) is 16.8 Å². The van der Waals surface area contributed by atoms with Crippen LogP contribution in [-0.2, 0) is 29.2 Å². The number of unbranched alkanes of at least 4 members (excludes halogenated alkanes) is 18. The molecule has 0 saturated carbocycles. The second kappa shape index (κ2) is 33.3. The first-order valence-electron chi connectivity index (χ1n) is 13.4. The largest absolute Gasteiger partial charge is 2.00 e. The summed E-state index contributed by atoms with van der Waals surface area (Å²) in [6, 6.07) is 0. The molecule has 0 fully saturated rings. The van der Waals surface area contributed by atoms with Crippen molar-refractivity contribution in [1.29, 1.82) is 0 Å². The number of hydrogen-bond donors (Lipinski definition) is 2. The number of hydrogen-bond acceptors (Lipinski definition) is 6. The zero-order valence-corrected chi connectivity index (χ0v) is 29.6. The first-order chi connectivity index (χ1) is 16.1. The summed E-state index contributed by atoms with van der Waals surface area (Å²) >= 11 is 0. The van der Waals surface area contributed by atoms with E-state index in [1.54, 1.807) is 0 Å². The van der Waals surface area contributed by atoms with Crippen LogP contribution in [0.3, 0.4) is 0 Å². The van der Waals surface area contributed by atoms with Crippen LogP contribution in [0.4, 0.5) is 0 Å². The van der Waals surface area contributed by atoms with E-state index in [0.717, 1.165) is 38.5 Å². The molecule has 0 aromatic carbocycles. The van der Waals surface area contributed by atoms with Crippen molar-refractivity contribution in [1.82, 2.24) is 0 Å². The Hall–Kier alpha value is 2.14. The van der Waals surface area contributed by atoms with E-state index < -0.39 is 20.8 Å². The molecule has 0 unspecified atom stereocenters. The Bertz CT molecular complexity index is 595. The second-order valence-corrected chi connectivity index (χ2v) is 11.0. The Morgan fingerprint density at radius 2 is 0.694 bits per heavy atom. The van der Waals surface area contributed by atoms with Crippen LogP contribution in [0, 0.1) is 0 Å². The summed E-state index contributed by atoms with van der Waals surface area (Å²) in [5.74, 6) is 0. The van der Waals surface area contributed by atoms with Crippen molar-refractivity contribution in [3.8, 4) is 0 Å². The van der Waals surface area contributed by atoms with Gasteiger partial charge < -0.3 is 4.28 Å². The Morgan fingerprint density at radius 1 is 0.500 bits per heavy atom. The summed E-state index contributed by atoms with van der Waals surface area (Å²) in [5.41, 5.74) is 0. The zero-order valence-electron chi connectivity index (χ0n) is 26.4. The summed E-state index contributed by atoms with van der Waals surface area (Å²) in [7, 11) is -8.47. The van der Waals surface area contributed by atoms with Gasteiger partial charge >= 0.3 is 95.2 Å². The molecule has 12 heteroatoms. The van der Waals surface area contributed by atoms with E-state index in [0.29, 0.717) is 0 Å². The third-order valence-corrected chi connectivity index (χ3v) is 6.36. The third kappa shape index (κ3) is 49.1. The topological polar surface area (TPSA) is 127 Å². The molecule has 8 nitrogen and oxygen atoms in total. The maximum absolute atomic E-state index is 11.7. The van der Waals surface area contributed by atoms with Gasteiger partial charge in [-0.05, 0) is 12.8 Å². The fourth-order valence-corrected chi connectivity index (χ4v) is 4.25. The van der Waals surface area contributed by atoms with Crippen LogP contribution in [0.5, 0.6) is 0 Å². The van der Waals surface area contributed by atoms with Crippen molar-refractivity contribution in [2.45, 2.75) is 142 Å². The van der Waals surface area contributed by atoms with Gasteiger partial charge in [0.15, 0.2) is 0 Å². The molecule has 0 aromatic rings. The Labute approximate surface area is 286 Å².